The molecule has 0 saturated heterocycles. The number of allylic oxidation sites excluding steroid dienone is 1. The van der Waals surface area contributed by atoms with Crippen LogP contribution < -0.4 is 5.01 Å². The van der Waals surface area contributed by atoms with E-state index in [2.05, 4.69) is 10.1 Å². The predicted molar refractivity (Wildman–Crippen MR) is 89.5 cm³/mol. The monoisotopic (exact) mass is 369 g/mol. The Kier molecular flexibility index (Phi) is 4.51. The number of ether oxygens (including phenoxy) is 1. The van der Waals surface area contributed by atoms with E-state index in [1.54, 1.807) is 38.1 Å². The lowest BCUT2D eigenvalue weighted by atomic mass is 10.1. The number of thiazole rings is 1. The number of fused-ring (bicyclic) bond motifs is 1. The largest absolute Gasteiger partial charge is 0.497 e. The van der Waals surface area contributed by atoms with Crippen LogP contribution in [0.25, 0.3) is 10.2 Å². The van der Waals surface area contributed by atoms with Crippen LogP contribution in [0.3, 0.4) is 0 Å². The summed E-state index contributed by atoms with van der Waals surface area (Å²) in [7, 11) is 0. The zero-order valence-electron chi connectivity index (χ0n) is 13.4. The number of benzene rings is 1. The molecule has 0 N–H and O–H groups in total. The third kappa shape index (κ3) is 3.11. The number of nitrogens with zero attached hydrogens (tertiary/aromatic N) is 3. The second kappa shape index (κ2) is 6.47. The van der Waals surface area contributed by atoms with E-state index in [4.69, 9.17) is 4.74 Å². The summed E-state index contributed by atoms with van der Waals surface area (Å²) in [5.41, 5.74) is -1.20. The Labute approximate surface area is 145 Å². The molecule has 2 heterocycles. The third-order valence-corrected chi connectivity index (χ3v) is 4.51. The van der Waals surface area contributed by atoms with E-state index < -0.39 is 23.4 Å². The number of carbonyl (C=O) groups is 1. The molecule has 1 aromatic heterocycles. The fraction of sp³-hybridized carbons (Fsp3) is 0.312. The second-order valence-corrected chi connectivity index (χ2v) is 6.12. The van der Waals surface area contributed by atoms with Gasteiger partial charge >= 0.3 is 6.18 Å². The standard InChI is InChI=1S/C16H14F3N3O2S/c1-3-10(24-4-2)12-13(16(17,18)19)21-22(14(12)23)15-20-9-7-5-6-8-11(9)25-15/h5-8H,3-4H2,1-2H3/b12-10-. The summed E-state index contributed by atoms with van der Waals surface area (Å²) in [6.45, 7) is 3.43. The van der Waals surface area contributed by atoms with Crippen LogP contribution in [0.15, 0.2) is 40.7 Å². The van der Waals surface area contributed by atoms with Gasteiger partial charge in [-0.2, -0.15) is 23.3 Å². The first-order valence-corrected chi connectivity index (χ1v) is 8.40. The van der Waals surface area contributed by atoms with Gasteiger partial charge in [0.15, 0.2) is 5.71 Å². The fourth-order valence-electron chi connectivity index (χ4n) is 2.46. The third-order valence-electron chi connectivity index (χ3n) is 3.49. The highest BCUT2D eigenvalue weighted by atomic mass is 32.1. The number of hydrogen-bond acceptors (Lipinski definition) is 5. The smallest absolute Gasteiger partial charge is 0.436 e. The van der Waals surface area contributed by atoms with Crippen molar-refractivity contribution in [2.24, 2.45) is 5.10 Å². The Hall–Kier alpha value is -2.42. The van der Waals surface area contributed by atoms with Crippen LogP contribution in [0.2, 0.25) is 0 Å². The van der Waals surface area contributed by atoms with Crippen molar-refractivity contribution in [3.05, 3.63) is 35.6 Å². The highest BCUT2D eigenvalue weighted by Gasteiger charge is 2.49. The molecule has 2 aromatic rings. The fourth-order valence-corrected chi connectivity index (χ4v) is 3.37. The average Bonchev–Trinajstić information content (AvgIpc) is 3.13. The van der Waals surface area contributed by atoms with Gasteiger partial charge in [-0.05, 0) is 19.1 Å². The number of amides is 1. The molecule has 1 aromatic carbocycles. The number of alkyl halides is 3. The van der Waals surface area contributed by atoms with Crippen LogP contribution in [-0.2, 0) is 9.53 Å². The molecule has 1 amide bonds. The van der Waals surface area contributed by atoms with Crippen molar-refractivity contribution in [1.82, 2.24) is 4.98 Å². The van der Waals surface area contributed by atoms with E-state index in [1.807, 2.05) is 0 Å². The van der Waals surface area contributed by atoms with Gasteiger partial charge in [-0.25, -0.2) is 4.98 Å². The summed E-state index contributed by atoms with van der Waals surface area (Å²) in [5.74, 6) is -0.899. The minimum absolute atomic E-state index is 0.0211. The van der Waals surface area contributed by atoms with Gasteiger partial charge in [-0.1, -0.05) is 30.4 Å². The van der Waals surface area contributed by atoms with Crippen LogP contribution >= 0.6 is 11.3 Å². The van der Waals surface area contributed by atoms with Gasteiger partial charge in [-0.3, -0.25) is 4.79 Å². The molecule has 0 bridgehead atoms. The molecule has 0 spiro atoms. The Morgan fingerprint density at radius 3 is 2.60 bits per heavy atom. The van der Waals surface area contributed by atoms with Crippen LogP contribution in [0.4, 0.5) is 18.3 Å². The quantitative estimate of drug-likeness (QED) is 0.598. The SMILES string of the molecule is CCO/C(CC)=C1\C(=O)N(c2nc3ccccc3s2)N=C1C(F)(F)F. The lowest BCUT2D eigenvalue weighted by molar-refractivity contribution is -0.114. The average molecular weight is 369 g/mol. The minimum atomic E-state index is -4.77. The molecule has 25 heavy (non-hydrogen) atoms. The molecule has 9 heteroatoms. The van der Waals surface area contributed by atoms with Crippen molar-refractivity contribution in [1.29, 1.82) is 0 Å². The van der Waals surface area contributed by atoms with Gasteiger partial charge in [0.25, 0.3) is 5.91 Å². The normalized spacial score (nSPS) is 17.2. The summed E-state index contributed by atoms with van der Waals surface area (Å²) in [6, 6.07) is 7.05. The highest BCUT2D eigenvalue weighted by molar-refractivity contribution is 7.22. The molecule has 0 unspecified atom stereocenters. The van der Waals surface area contributed by atoms with E-state index in [1.165, 1.54) is 0 Å². The van der Waals surface area contributed by atoms with Gasteiger partial charge in [0.05, 0.1) is 16.8 Å². The molecule has 3 rings (SSSR count). The van der Waals surface area contributed by atoms with Gasteiger partial charge < -0.3 is 4.74 Å². The van der Waals surface area contributed by atoms with Crippen molar-refractivity contribution in [2.75, 3.05) is 11.6 Å². The van der Waals surface area contributed by atoms with Crippen LogP contribution in [-0.4, -0.2) is 29.4 Å². The van der Waals surface area contributed by atoms with Crippen LogP contribution in [0.5, 0.6) is 0 Å². The summed E-state index contributed by atoms with van der Waals surface area (Å²) >= 11 is 1.10. The lowest BCUT2D eigenvalue weighted by Gasteiger charge is -2.12. The Morgan fingerprint density at radius 2 is 2.00 bits per heavy atom. The maximum absolute atomic E-state index is 13.4. The van der Waals surface area contributed by atoms with E-state index in [9.17, 15) is 18.0 Å². The summed E-state index contributed by atoms with van der Waals surface area (Å²) < 4.78 is 46.2. The maximum Gasteiger partial charge on any atom is 0.436 e. The molecule has 132 valence electrons. The Balaban J connectivity index is 2.13. The summed E-state index contributed by atoms with van der Waals surface area (Å²) in [6.07, 6.45) is -4.62. The number of anilines is 1. The molecule has 0 fully saturated rings. The molecular weight excluding hydrogens is 355 g/mol. The molecule has 0 radical (unpaired) electrons. The number of aromatic nitrogens is 1. The number of hydrazone groups is 1. The van der Waals surface area contributed by atoms with E-state index in [0.717, 1.165) is 16.0 Å². The Morgan fingerprint density at radius 1 is 1.28 bits per heavy atom. The van der Waals surface area contributed by atoms with Crippen LogP contribution in [0.1, 0.15) is 20.3 Å². The molecule has 0 saturated carbocycles. The van der Waals surface area contributed by atoms with Crippen LogP contribution in [0, 0.1) is 0 Å². The maximum atomic E-state index is 13.4. The predicted octanol–water partition coefficient (Wildman–Crippen LogP) is 4.26. The zero-order valence-corrected chi connectivity index (χ0v) is 14.2. The highest BCUT2D eigenvalue weighted by Crippen LogP contribution is 2.36. The molecule has 0 aliphatic carbocycles. The molecule has 1 aliphatic heterocycles. The van der Waals surface area contributed by atoms with Gasteiger partial charge in [0, 0.05) is 6.42 Å². The number of halogens is 3. The molecular formula is C16H14F3N3O2S. The second-order valence-electron chi connectivity index (χ2n) is 5.11. The van der Waals surface area contributed by atoms with Gasteiger partial charge in [0.1, 0.15) is 11.3 Å². The first-order chi connectivity index (χ1) is 11.9. The van der Waals surface area contributed by atoms with Crippen molar-refractivity contribution < 1.29 is 22.7 Å². The topological polar surface area (TPSA) is 54.8 Å². The van der Waals surface area contributed by atoms with Gasteiger partial charge in [-0.15, -0.1) is 0 Å². The van der Waals surface area contributed by atoms with Gasteiger partial charge in [0.2, 0.25) is 5.13 Å². The number of hydrogen-bond donors (Lipinski definition) is 0. The van der Waals surface area contributed by atoms with Crippen molar-refractivity contribution >= 4 is 38.3 Å². The molecule has 1 aliphatic rings. The Bertz CT molecular complexity index is 853. The first-order valence-electron chi connectivity index (χ1n) is 7.59. The van der Waals surface area contributed by atoms with Crippen molar-refractivity contribution in [2.45, 2.75) is 26.4 Å². The number of rotatable bonds is 4. The van der Waals surface area contributed by atoms with Crippen molar-refractivity contribution in [3.8, 4) is 0 Å². The molecule has 0 atom stereocenters. The molecule has 5 nitrogen and oxygen atoms in total. The first kappa shape index (κ1) is 17.4. The number of carbonyl (C=O) groups excluding carboxylic acids is 1. The number of para-hydroxylation sites is 1. The summed E-state index contributed by atoms with van der Waals surface area (Å²) in [5, 5.41) is 4.32. The lowest BCUT2D eigenvalue weighted by Crippen LogP contribution is -2.27. The summed E-state index contributed by atoms with van der Waals surface area (Å²) in [4.78, 5) is 16.9. The van der Waals surface area contributed by atoms with E-state index >= 15 is 0 Å². The van der Waals surface area contributed by atoms with E-state index in [0.29, 0.717) is 10.5 Å². The minimum Gasteiger partial charge on any atom is -0.497 e. The van der Waals surface area contributed by atoms with Crippen molar-refractivity contribution in [3.63, 3.8) is 0 Å². The van der Waals surface area contributed by atoms with E-state index in [-0.39, 0.29) is 23.9 Å². The zero-order chi connectivity index (χ0) is 18.2.